The van der Waals surface area contributed by atoms with Crippen molar-refractivity contribution in [2.24, 2.45) is 0 Å². The highest BCUT2D eigenvalue weighted by atomic mass is 35.5. The Morgan fingerprint density at radius 3 is 2.26 bits per heavy atom. The van der Waals surface area contributed by atoms with E-state index in [-0.39, 0.29) is 5.91 Å². The summed E-state index contributed by atoms with van der Waals surface area (Å²) in [6, 6.07) is 20.3. The molecule has 8 heteroatoms. The highest BCUT2D eigenvalue weighted by molar-refractivity contribution is 6.30. The number of aryl methyl sites for hydroxylation is 1. The molecule has 1 atom stereocenters. The highest BCUT2D eigenvalue weighted by Gasteiger charge is 2.27. The SMILES string of the molecule is Cc1nn(-c2ccccc2)c2nc(Cc3ccccc3)nc(N3CCN(C(=O)C(C)Cl)CC3)c12. The van der Waals surface area contributed by atoms with Crippen molar-refractivity contribution in [3.8, 4) is 5.69 Å². The van der Waals surface area contributed by atoms with Crippen LogP contribution in [-0.2, 0) is 11.2 Å². The molecule has 1 fully saturated rings. The first-order valence-corrected chi connectivity index (χ1v) is 12.0. The Kier molecular flexibility index (Phi) is 6.20. The third-order valence-corrected chi connectivity index (χ3v) is 6.35. The van der Waals surface area contributed by atoms with Gasteiger partial charge in [-0.25, -0.2) is 14.6 Å². The molecule has 34 heavy (non-hydrogen) atoms. The molecule has 1 aliphatic heterocycles. The number of fused-ring (bicyclic) bond motifs is 1. The van der Waals surface area contributed by atoms with E-state index in [1.807, 2.05) is 65.0 Å². The molecule has 0 aliphatic carbocycles. The van der Waals surface area contributed by atoms with Crippen LogP contribution in [0.2, 0.25) is 0 Å². The summed E-state index contributed by atoms with van der Waals surface area (Å²) in [7, 11) is 0. The van der Waals surface area contributed by atoms with E-state index in [2.05, 4.69) is 17.0 Å². The Bertz CT molecular complexity index is 1300. The molecule has 4 aromatic rings. The van der Waals surface area contributed by atoms with Crippen molar-refractivity contribution >= 4 is 34.4 Å². The van der Waals surface area contributed by atoms with Crippen LogP contribution in [0.4, 0.5) is 5.82 Å². The fraction of sp³-hybridized carbons (Fsp3) is 0.308. The van der Waals surface area contributed by atoms with E-state index in [0.717, 1.165) is 39.6 Å². The van der Waals surface area contributed by atoms with E-state index in [1.165, 1.54) is 0 Å². The Labute approximate surface area is 204 Å². The van der Waals surface area contributed by atoms with Crippen molar-refractivity contribution in [1.82, 2.24) is 24.6 Å². The average Bonchev–Trinajstić information content (AvgIpc) is 3.20. The lowest BCUT2D eigenvalue weighted by atomic mass is 10.1. The molecule has 5 rings (SSSR count). The lowest BCUT2D eigenvalue weighted by molar-refractivity contribution is -0.130. The largest absolute Gasteiger partial charge is 0.352 e. The van der Waals surface area contributed by atoms with Crippen LogP contribution in [0.5, 0.6) is 0 Å². The molecule has 2 aromatic heterocycles. The summed E-state index contributed by atoms with van der Waals surface area (Å²) in [4.78, 5) is 26.4. The van der Waals surface area contributed by atoms with Crippen molar-refractivity contribution in [1.29, 1.82) is 0 Å². The summed E-state index contributed by atoms with van der Waals surface area (Å²) in [6.07, 6.45) is 0.630. The standard InChI is InChI=1S/C26H27ClN6O/c1-18(27)26(34)32-15-13-31(14-16-32)24-23-19(2)30-33(21-11-7-4-8-12-21)25(23)29-22(28-24)17-20-9-5-3-6-10-20/h3-12,18H,13-17H2,1-2H3. The molecule has 0 bridgehead atoms. The molecule has 174 valence electrons. The van der Waals surface area contributed by atoms with Crippen LogP contribution in [0.3, 0.4) is 0 Å². The number of carbonyl (C=O) groups excluding carboxylic acids is 1. The minimum absolute atomic E-state index is 0.0213. The smallest absolute Gasteiger partial charge is 0.240 e. The van der Waals surface area contributed by atoms with Gasteiger partial charge in [0.15, 0.2) is 5.65 Å². The van der Waals surface area contributed by atoms with Gasteiger partial charge >= 0.3 is 0 Å². The number of carbonyl (C=O) groups is 1. The van der Waals surface area contributed by atoms with Gasteiger partial charge in [0.05, 0.1) is 16.8 Å². The number of piperazine rings is 1. The number of benzene rings is 2. The molecule has 7 nitrogen and oxygen atoms in total. The molecule has 1 aliphatic rings. The predicted molar refractivity (Wildman–Crippen MR) is 135 cm³/mol. The van der Waals surface area contributed by atoms with Crippen molar-refractivity contribution in [2.75, 3.05) is 31.1 Å². The summed E-state index contributed by atoms with van der Waals surface area (Å²) < 4.78 is 1.90. The van der Waals surface area contributed by atoms with Crippen LogP contribution in [0, 0.1) is 6.92 Å². The number of aromatic nitrogens is 4. The number of amides is 1. The number of para-hydroxylation sites is 1. The Morgan fingerprint density at radius 1 is 0.971 bits per heavy atom. The molecule has 3 heterocycles. The zero-order chi connectivity index (χ0) is 23.7. The third kappa shape index (κ3) is 4.35. The first kappa shape index (κ1) is 22.3. The number of nitrogens with zero attached hydrogens (tertiary/aromatic N) is 6. The van der Waals surface area contributed by atoms with Gasteiger partial charge in [-0.1, -0.05) is 48.5 Å². The lowest BCUT2D eigenvalue weighted by Gasteiger charge is -2.36. The first-order valence-electron chi connectivity index (χ1n) is 11.5. The Hall–Kier alpha value is -3.45. The number of hydrogen-bond acceptors (Lipinski definition) is 5. The Morgan fingerprint density at radius 2 is 1.62 bits per heavy atom. The molecule has 1 saturated heterocycles. The number of anilines is 1. The second-order valence-corrected chi connectivity index (χ2v) is 9.24. The molecule has 0 spiro atoms. The van der Waals surface area contributed by atoms with Crippen LogP contribution in [0.25, 0.3) is 16.7 Å². The van der Waals surface area contributed by atoms with Gasteiger partial charge in [-0.2, -0.15) is 5.10 Å². The van der Waals surface area contributed by atoms with Crippen LogP contribution in [-0.4, -0.2) is 62.1 Å². The topological polar surface area (TPSA) is 67.2 Å². The van der Waals surface area contributed by atoms with Gasteiger partial charge in [-0.05, 0) is 31.5 Å². The van der Waals surface area contributed by atoms with Gasteiger partial charge < -0.3 is 9.80 Å². The second-order valence-electron chi connectivity index (χ2n) is 8.59. The van der Waals surface area contributed by atoms with Crippen LogP contribution >= 0.6 is 11.6 Å². The monoisotopic (exact) mass is 474 g/mol. The highest BCUT2D eigenvalue weighted by Crippen LogP contribution is 2.30. The number of alkyl halides is 1. The predicted octanol–water partition coefficient (Wildman–Crippen LogP) is 3.99. The summed E-state index contributed by atoms with van der Waals surface area (Å²) >= 11 is 6.04. The van der Waals surface area contributed by atoms with Crippen molar-refractivity contribution in [3.05, 3.63) is 77.7 Å². The minimum atomic E-state index is -0.513. The van der Waals surface area contributed by atoms with Crippen LogP contribution in [0.15, 0.2) is 60.7 Å². The van der Waals surface area contributed by atoms with Gasteiger partial charge in [-0.3, -0.25) is 4.79 Å². The maximum atomic E-state index is 12.4. The van der Waals surface area contributed by atoms with E-state index in [4.69, 9.17) is 26.7 Å². The zero-order valence-electron chi connectivity index (χ0n) is 19.4. The molecule has 1 unspecified atom stereocenters. The van der Waals surface area contributed by atoms with E-state index < -0.39 is 5.38 Å². The fourth-order valence-electron chi connectivity index (χ4n) is 4.43. The number of rotatable bonds is 5. The third-order valence-electron chi connectivity index (χ3n) is 6.17. The molecule has 0 saturated carbocycles. The summed E-state index contributed by atoms with van der Waals surface area (Å²) in [5.41, 5.74) is 3.80. The van der Waals surface area contributed by atoms with Crippen LogP contribution < -0.4 is 4.90 Å². The second kappa shape index (κ2) is 9.43. The van der Waals surface area contributed by atoms with E-state index >= 15 is 0 Å². The molecular weight excluding hydrogens is 448 g/mol. The van der Waals surface area contributed by atoms with Crippen LogP contribution in [0.1, 0.15) is 24.0 Å². The normalized spacial score (nSPS) is 15.0. The first-order chi connectivity index (χ1) is 16.5. The quantitative estimate of drug-likeness (QED) is 0.409. The zero-order valence-corrected chi connectivity index (χ0v) is 20.1. The number of hydrogen-bond donors (Lipinski definition) is 0. The molecule has 2 aromatic carbocycles. The van der Waals surface area contributed by atoms with Crippen molar-refractivity contribution < 1.29 is 4.79 Å². The van der Waals surface area contributed by atoms with Gasteiger partial charge in [0, 0.05) is 32.6 Å². The Balaban J connectivity index is 1.57. The fourth-order valence-corrected chi connectivity index (χ4v) is 4.57. The van der Waals surface area contributed by atoms with Gasteiger partial charge in [0.2, 0.25) is 5.91 Å². The molecule has 1 amide bonds. The van der Waals surface area contributed by atoms with E-state index in [0.29, 0.717) is 32.6 Å². The summed E-state index contributed by atoms with van der Waals surface area (Å²) in [5, 5.41) is 5.27. The van der Waals surface area contributed by atoms with Gasteiger partial charge in [0.1, 0.15) is 17.0 Å². The lowest BCUT2D eigenvalue weighted by Crippen LogP contribution is -2.50. The van der Waals surface area contributed by atoms with Gasteiger partial charge in [0.25, 0.3) is 0 Å². The van der Waals surface area contributed by atoms with E-state index in [9.17, 15) is 4.79 Å². The van der Waals surface area contributed by atoms with Crippen molar-refractivity contribution in [3.63, 3.8) is 0 Å². The van der Waals surface area contributed by atoms with Gasteiger partial charge in [-0.15, -0.1) is 11.6 Å². The average molecular weight is 475 g/mol. The summed E-state index contributed by atoms with van der Waals surface area (Å²) in [6.45, 7) is 6.31. The summed E-state index contributed by atoms with van der Waals surface area (Å²) in [5.74, 6) is 1.60. The maximum Gasteiger partial charge on any atom is 0.240 e. The number of halogens is 1. The molecule has 0 radical (unpaired) electrons. The molecule has 0 N–H and O–H groups in total. The van der Waals surface area contributed by atoms with Crippen molar-refractivity contribution in [2.45, 2.75) is 25.6 Å². The molecular formula is C26H27ClN6O. The van der Waals surface area contributed by atoms with E-state index in [1.54, 1.807) is 6.92 Å². The minimum Gasteiger partial charge on any atom is -0.352 e. The maximum absolute atomic E-state index is 12.4.